The number of aromatic nitrogens is 2. The van der Waals surface area contributed by atoms with Gasteiger partial charge in [-0.1, -0.05) is 36.4 Å². The van der Waals surface area contributed by atoms with Crippen molar-refractivity contribution in [3.8, 4) is 0 Å². The van der Waals surface area contributed by atoms with Crippen LogP contribution in [0.25, 0.3) is 0 Å². The maximum Gasteiger partial charge on any atom is 0.113 e. The van der Waals surface area contributed by atoms with Crippen LogP contribution in [0.5, 0.6) is 0 Å². The number of benzene rings is 1. The standard InChI is InChI=1S/C20H19N3O/c1-2-7-17(8-3-1)20-13-19(12-16-6-4-10-21-14-16)23(24-20)18-9-5-11-22-15-18/h1-11,14-15,19-20H,12-13H2/t19-,20-/m1/s1. The minimum absolute atomic E-state index is 0.0630. The van der Waals surface area contributed by atoms with Gasteiger partial charge in [0.05, 0.1) is 17.9 Å². The van der Waals surface area contributed by atoms with Crippen molar-refractivity contribution in [2.75, 3.05) is 5.06 Å². The molecule has 4 rings (SSSR count). The topological polar surface area (TPSA) is 38.2 Å². The lowest BCUT2D eigenvalue weighted by molar-refractivity contribution is 0.0835. The summed E-state index contributed by atoms with van der Waals surface area (Å²) in [6.45, 7) is 0. The van der Waals surface area contributed by atoms with Gasteiger partial charge < -0.3 is 0 Å². The van der Waals surface area contributed by atoms with Crippen molar-refractivity contribution < 1.29 is 4.84 Å². The maximum absolute atomic E-state index is 6.29. The Labute approximate surface area is 141 Å². The van der Waals surface area contributed by atoms with E-state index < -0.39 is 0 Å². The molecule has 24 heavy (non-hydrogen) atoms. The Morgan fingerprint density at radius 3 is 2.42 bits per heavy atom. The third-order valence-corrected chi connectivity index (χ3v) is 4.32. The highest BCUT2D eigenvalue weighted by atomic mass is 16.7. The van der Waals surface area contributed by atoms with E-state index in [0.29, 0.717) is 0 Å². The molecule has 4 nitrogen and oxygen atoms in total. The molecule has 0 radical (unpaired) electrons. The largest absolute Gasteiger partial charge is 0.265 e. The molecule has 2 atom stereocenters. The summed E-state index contributed by atoms with van der Waals surface area (Å²) in [5.41, 5.74) is 3.42. The molecular formula is C20H19N3O. The molecule has 120 valence electrons. The van der Waals surface area contributed by atoms with Crippen LogP contribution in [-0.2, 0) is 11.3 Å². The van der Waals surface area contributed by atoms with Crippen molar-refractivity contribution in [2.24, 2.45) is 0 Å². The van der Waals surface area contributed by atoms with Gasteiger partial charge in [-0.25, -0.2) is 5.06 Å². The average molecular weight is 317 g/mol. The fraction of sp³-hybridized carbons (Fsp3) is 0.200. The van der Waals surface area contributed by atoms with Gasteiger partial charge in [0.25, 0.3) is 0 Å². The molecule has 0 saturated carbocycles. The van der Waals surface area contributed by atoms with Crippen LogP contribution in [0.4, 0.5) is 5.69 Å². The molecule has 0 spiro atoms. The summed E-state index contributed by atoms with van der Waals surface area (Å²) >= 11 is 0. The quantitative estimate of drug-likeness (QED) is 0.730. The highest BCUT2D eigenvalue weighted by molar-refractivity contribution is 5.44. The summed E-state index contributed by atoms with van der Waals surface area (Å²) in [6.07, 6.45) is 9.26. The summed E-state index contributed by atoms with van der Waals surface area (Å²) in [7, 11) is 0. The molecule has 0 amide bonds. The molecule has 1 aromatic carbocycles. The van der Waals surface area contributed by atoms with Crippen LogP contribution in [-0.4, -0.2) is 16.0 Å². The minimum Gasteiger partial charge on any atom is -0.265 e. The van der Waals surface area contributed by atoms with Gasteiger partial charge in [-0.15, -0.1) is 0 Å². The predicted molar refractivity (Wildman–Crippen MR) is 93.3 cm³/mol. The van der Waals surface area contributed by atoms with E-state index in [1.165, 1.54) is 11.1 Å². The first-order valence-corrected chi connectivity index (χ1v) is 8.20. The van der Waals surface area contributed by atoms with E-state index in [1.54, 1.807) is 12.4 Å². The van der Waals surface area contributed by atoms with Gasteiger partial charge in [0.1, 0.15) is 6.10 Å². The van der Waals surface area contributed by atoms with Crippen LogP contribution < -0.4 is 5.06 Å². The zero-order valence-electron chi connectivity index (χ0n) is 13.3. The molecule has 0 aliphatic carbocycles. The van der Waals surface area contributed by atoms with Gasteiger partial charge in [0.2, 0.25) is 0 Å². The Bertz CT molecular complexity index is 765. The van der Waals surface area contributed by atoms with Crippen molar-refractivity contribution in [1.29, 1.82) is 0 Å². The molecule has 1 aliphatic rings. The van der Waals surface area contributed by atoms with Gasteiger partial charge in [0, 0.05) is 25.0 Å². The Morgan fingerprint density at radius 1 is 0.917 bits per heavy atom. The zero-order chi connectivity index (χ0) is 16.2. The van der Waals surface area contributed by atoms with Gasteiger partial charge in [-0.3, -0.25) is 14.8 Å². The second kappa shape index (κ2) is 6.81. The lowest BCUT2D eigenvalue weighted by Crippen LogP contribution is -2.29. The molecule has 0 N–H and O–H groups in total. The Balaban J connectivity index is 1.61. The number of nitrogens with zero attached hydrogens (tertiary/aromatic N) is 3. The lowest BCUT2D eigenvalue weighted by Gasteiger charge is -2.24. The molecule has 2 aromatic heterocycles. The van der Waals surface area contributed by atoms with Crippen LogP contribution in [0.2, 0.25) is 0 Å². The first-order chi connectivity index (χ1) is 11.9. The van der Waals surface area contributed by atoms with E-state index in [2.05, 4.69) is 40.3 Å². The Kier molecular flexibility index (Phi) is 4.21. The SMILES string of the molecule is c1ccc([C@H]2C[C@@H](Cc3cccnc3)N(c3cccnc3)O2)cc1. The fourth-order valence-electron chi connectivity index (χ4n) is 3.19. The average Bonchev–Trinajstić information content (AvgIpc) is 3.08. The van der Waals surface area contributed by atoms with Crippen LogP contribution in [0.1, 0.15) is 23.7 Å². The van der Waals surface area contributed by atoms with Gasteiger partial charge in [-0.05, 0) is 35.7 Å². The summed E-state index contributed by atoms with van der Waals surface area (Å²) < 4.78 is 0. The molecule has 0 unspecified atom stereocenters. The van der Waals surface area contributed by atoms with Crippen molar-refractivity contribution in [3.05, 3.63) is 90.5 Å². The highest BCUT2D eigenvalue weighted by Crippen LogP contribution is 2.37. The zero-order valence-corrected chi connectivity index (χ0v) is 13.3. The number of rotatable bonds is 4. The Hall–Kier alpha value is -2.72. The second-order valence-electron chi connectivity index (χ2n) is 6.00. The van der Waals surface area contributed by atoms with Crippen molar-refractivity contribution in [1.82, 2.24) is 9.97 Å². The summed E-state index contributed by atoms with van der Waals surface area (Å²) in [5, 5.41) is 2.01. The maximum atomic E-state index is 6.29. The van der Waals surface area contributed by atoms with Crippen LogP contribution in [0.15, 0.2) is 79.4 Å². The summed E-state index contributed by atoms with van der Waals surface area (Å²) in [4.78, 5) is 14.8. The van der Waals surface area contributed by atoms with Gasteiger partial charge >= 0.3 is 0 Å². The molecule has 1 saturated heterocycles. The molecule has 0 bridgehead atoms. The molecular weight excluding hydrogens is 298 g/mol. The molecule has 4 heteroatoms. The minimum atomic E-state index is 0.0630. The number of pyridine rings is 2. The van der Waals surface area contributed by atoms with Crippen molar-refractivity contribution >= 4 is 5.69 Å². The predicted octanol–water partition coefficient (Wildman–Crippen LogP) is 3.97. The summed E-state index contributed by atoms with van der Waals surface area (Å²) in [5.74, 6) is 0. The second-order valence-corrected chi connectivity index (χ2v) is 6.00. The number of hydrogen-bond acceptors (Lipinski definition) is 4. The number of hydroxylamine groups is 1. The van der Waals surface area contributed by atoms with E-state index in [1.807, 2.05) is 41.7 Å². The molecule has 1 fully saturated rings. The normalized spacial score (nSPS) is 20.2. The van der Waals surface area contributed by atoms with Crippen LogP contribution in [0, 0.1) is 0 Å². The smallest absolute Gasteiger partial charge is 0.113 e. The summed E-state index contributed by atoms with van der Waals surface area (Å²) in [6, 6.07) is 18.7. The first kappa shape index (κ1) is 14.8. The first-order valence-electron chi connectivity index (χ1n) is 8.20. The van der Waals surface area contributed by atoms with Crippen molar-refractivity contribution in [2.45, 2.75) is 25.0 Å². The van der Waals surface area contributed by atoms with E-state index in [9.17, 15) is 0 Å². The van der Waals surface area contributed by atoms with E-state index in [0.717, 1.165) is 18.5 Å². The number of hydrogen-bond donors (Lipinski definition) is 0. The lowest BCUT2D eigenvalue weighted by atomic mass is 9.98. The Morgan fingerprint density at radius 2 is 1.71 bits per heavy atom. The van der Waals surface area contributed by atoms with Crippen LogP contribution >= 0.6 is 0 Å². The van der Waals surface area contributed by atoms with E-state index >= 15 is 0 Å². The monoisotopic (exact) mass is 317 g/mol. The third-order valence-electron chi connectivity index (χ3n) is 4.32. The number of anilines is 1. The highest BCUT2D eigenvalue weighted by Gasteiger charge is 2.34. The van der Waals surface area contributed by atoms with E-state index in [-0.39, 0.29) is 12.1 Å². The van der Waals surface area contributed by atoms with Gasteiger partial charge in [-0.2, -0.15) is 0 Å². The molecule has 3 aromatic rings. The molecule has 1 aliphatic heterocycles. The van der Waals surface area contributed by atoms with E-state index in [4.69, 9.17) is 4.84 Å². The van der Waals surface area contributed by atoms with Crippen LogP contribution in [0.3, 0.4) is 0 Å². The third kappa shape index (κ3) is 3.14. The molecule has 3 heterocycles. The van der Waals surface area contributed by atoms with Crippen molar-refractivity contribution in [3.63, 3.8) is 0 Å². The fourth-order valence-corrected chi connectivity index (χ4v) is 3.19. The van der Waals surface area contributed by atoms with Gasteiger partial charge in [0.15, 0.2) is 0 Å².